The van der Waals surface area contributed by atoms with Crippen molar-refractivity contribution in [2.45, 2.75) is 33.9 Å². The number of hydrogen-bond acceptors (Lipinski definition) is 3. The van der Waals surface area contributed by atoms with Gasteiger partial charge < -0.3 is 15.0 Å². The van der Waals surface area contributed by atoms with Crippen molar-refractivity contribution in [2.24, 2.45) is 0 Å². The lowest BCUT2D eigenvalue weighted by molar-refractivity contribution is 0.0519. The molecule has 1 aromatic carbocycles. The summed E-state index contributed by atoms with van der Waals surface area (Å²) >= 11 is 6.14. The third-order valence-corrected chi connectivity index (χ3v) is 4.02. The van der Waals surface area contributed by atoms with Gasteiger partial charge in [-0.05, 0) is 43.5 Å². The molecule has 0 saturated carbocycles. The van der Waals surface area contributed by atoms with E-state index in [1.165, 1.54) is 0 Å². The molecule has 0 aliphatic carbocycles. The molecule has 0 aliphatic heterocycles. The Morgan fingerprint density at radius 3 is 2.61 bits per heavy atom. The molecule has 0 spiro atoms. The molecule has 0 fully saturated rings. The second-order valence-electron chi connectivity index (χ2n) is 5.14. The van der Waals surface area contributed by atoms with Crippen LogP contribution in [-0.4, -0.2) is 17.6 Å². The van der Waals surface area contributed by atoms with Crippen molar-refractivity contribution in [3.63, 3.8) is 0 Å². The molecule has 2 rings (SSSR count). The van der Waals surface area contributed by atoms with E-state index in [1.807, 2.05) is 38.1 Å². The fourth-order valence-corrected chi connectivity index (χ4v) is 2.63. The molecule has 0 amide bonds. The molecule has 126 valence electrons. The zero-order valence-electron chi connectivity index (χ0n) is 13.5. The number of benzene rings is 1. The predicted molar refractivity (Wildman–Crippen MR) is 95.5 cm³/mol. The summed E-state index contributed by atoms with van der Waals surface area (Å²) < 4.78 is 5.06. The van der Waals surface area contributed by atoms with Gasteiger partial charge in [0.2, 0.25) is 0 Å². The van der Waals surface area contributed by atoms with Gasteiger partial charge in [0.05, 0.1) is 6.61 Å². The van der Waals surface area contributed by atoms with Crippen LogP contribution in [0.2, 0.25) is 5.02 Å². The summed E-state index contributed by atoms with van der Waals surface area (Å²) in [5, 5.41) is 4.12. The fraction of sp³-hybridized carbons (Fsp3) is 0.353. The minimum atomic E-state index is -0.305. The largest absolute Gasteiger partial charge is 0.461 e. The number of esters is 1. The Morgan fingerprint density at radius 1 is 1.26 bits per heavy atom. The van der Waals surface area contributed by atoms with E-state index in [2.05, 4.69) is 10.3 Å². The number of nitrogens with one attached hydrogen (secondary N) is 2. The fourth-order valence-electron chi connectivity index (χ4n) is 2.43. The van der Waals surface area contributed by atoms with Crippen molar-refractivity contribution >= 4 is 30.0 Å². The van der Waals surface area contributed by atoms with E-state index < -0.39 is 0 Å². The maximum atomic E-state index is 11.9. The summed E-state index contributed by atoms with van der Waals surface area (Å²) in [6.07, 6.45) is 0. The van der Waals surface area contributed by atoms with Crippen LogP contribution >= 0.6 is 24.0 Å². The minimum absolute atomic E-state index is 0. The van der Waals surface area contributed by atoms with Crippen LogP contribution in [0.15, 0.2) is 24.3 Å². The minimum Gasteiger partial charge on any atom is -0.461 e. The SMILES string of the molecule is CCOC(=O)c1[nH]c(C)c(CNCc2ccccc2Cl)c1C.Cl. The van der Waals surface area contributed by atoms with Crippen LogP contribution in [-0.2, 0) is 17.8 Å². The van der Waals surface area contributed by atoms with E-state index in [0.29, 0.717) is 25.4 Å². The van der Waals surface area contributed by atoms with Crippen molar-refractivity contribution in [1.29, 1.82) is 0 Å². The lowest BCUT2D eigenvalue weighted by Gasteiger charge is -2.07. The molecule has 0 radical (unpaired) electrons. The molecule has 0 unspecified atom stereocenters. The highest BCUT2D eigenvalue weighted by molar-refractivity contribution is 6.31. The first-order valence-corrected chi connectivity index (χ1v) is 7.71. The summed E-state index contributed by atoms with van der Waals surface area (Å²) in [6.45, 7) is 7.41. The summed E-state index contributed by atoms with van der Waals surface area (Å²) in [5.41, 5.74) is 4.60. The zero-order chi connectivity index (χ0) is 16.1. The second-order valence-corrected chi connectivity index (χ2v) is 5.55. The van der Waals surface area contributed by atoms with Crippen LogP contribution < -0.4 is 5.32 Å². The molecular weight excluding hydrogens is 335 g/mol. The summed E-state index contributed by atoms with van der Waals surface area (Å²) in [5.74, 6) is -0.305. The number of aromatic amines is 1. The molecule has 0 bridgehead atoms. The molecule has 2 aromatic rings. The smallest absolute Gasteiger partial charge is 0.355 e. The van der Waals surface area contributed by atoms with E-state index in [4.69, 9.17) is 16.3 Å². The van der Waals surface area contributed by atoms with Crippen molar-refractivity contribution in [3.05, 3.63) is 57.4 Å². The molecule has 0 atom stereocenters. The quantitative estimate of drug-likeness (QED) is 0.763. The second kappa shape index (κ2) is 8.96. The molecule has 1 heterocycles. The van der Waals surface area contributed by atoms with E-state index in [1.54, 1.807) is 6.92 Å². The van der Waals surface area contributed by atoms with Gasteiger partial charge in [0, 0.05) is 23.8 Å². The standard InChI is InChI=1S/C17H21ClN2O2.ClH/c1-4-22-17(21)16-11(2)14(12(3)20-16)10-19-9-13-7-5-6-8-15(13)18;/h5-8,19-20H,4,9-10H2,1-3H3;1H. The molecule has 1 aromatic heterocycles. The highest BCUT2D eigenvalue weighted by atomic mass is 35.5. The van der Waals surface area contributed by atoms with Gasteiger partial charge in [-0.15, -0.1) is 12.4 Å². The Labute approximate surface area is 148 Å². The normalized spacial score (nSPS) is 10.3. The maximum absolute atomic E-state index is 11.9. The van der Waals surface area contributed by atoms with Crippen LogP contribution in [0, 0.1) is 13.8 Å². The summed E-state index contributed by atoms with van der Waals surface area (Å²) in [4.78, 5) is 15.0. The molecule has 4 nitrogen and oxygen atoms in total. The van der Waals surface area contributed by atoms with Gasteiger partial charge in [0.1, 0.15) is 5.69 Å². The van der Waals surface area contributed by atoms with Crippen LogP contribution in [0.5, 0.6) is 0 Å². The first-order valence-electron chi connectivity index (χ1n) is 7.33. The first kappa shape index (κ1) is 19.6. The van der Waals surface area contributed by atoms with Crippen LogP contribution in [0.3, 0.4) is 0 Å². The van der Waals surface area contributed by atoms with E-state index in [0.717, 1.165) is 27.4 Å². The molecule has 0 saturated heterocycles. The molecule has 2 N–H and O–H groups in total. The van der Waals surface area contributed by atoms with Crippen LogP contribution in [0.1, 0.15) is 39.8 Å². The average molecular weight is 357 g/mol. The maximum Gasteiger partial charge on any atom is 0.355 e. The lowest BCUT2D eigenvalue weighted by Crippen LogP contribution is -2.14. The topological polar surface area (TPSA) is 54.1 Å². The third-order valence-electron chi connectivity index (χ3n) is 3.65. The number of halogens is 2. The number of ether oxygens (including phenoxy) is 1. The zero-order valence-corrected chi connectivity index (χ0v) is 15.1. The number of aromatic nitrogens is 1. The monoisotopic (exact) mass is 356 g/mol. The molecule has 0 aliphatic rings. The van der Waals surface area contributed by atoms with Crippen molar-refractivity contribution in [1.82, 2.24) is 10.3 Å². The summed E-state index contributed by atoms with van der Waals surface area (Å²) in [7, 11) is 0. The highest BCUT2D eigenvalue weighted by Gasteiger charge is 2.17. The van der Waals surface area contributed by atoms with Crippen molar-refractivity contribution in [3.8, 4) is 0 Å². The number of carbonyl (C=O) groups excluding carboxylic acids is 1. The number of H-pyrrole nitrogens is 1. The van der Waals surface area contributed by atoms with Crippen molar-refractivity contribution < 1.29 is 9.53 Å². The molecule has 23 heavy (non-hydrogen) atoms. The van der Waals surface area contributed by atoms with Gasteiger partial charge in [-0.3, -0.25) is 0 Å². The Balaban J connectivity index is 0.00000264. The Morgan fingerprint density at radius 2 is 1.96 bits per heavy atom. The van der Waals surface area contributed by atoms with Gasteiger partial charge in [0.15, 0.2) is 0 Å². The Bertz CT molecular complexity index is 669. The van der Waals surface area contributed by atoms with Gasteiger partial charge in [-0.1, -0.05) is 29.8 Å². The molecule has 6 heteroatoms. The van der Waals surface area contributed by atoms with Gasteiger partial charge in [-0.2, -0.15) is 0 Å². The predicted octanol–water partition coefficient (Wildman–Crippen LogP) is 4.17. The van der Waals surface area contributed by atoms with Gasteiger partial charge in [0.25, 0.3) is 0 Å². The lowest BCUT2D eigenvalue weighted by atomic mass is 10.1. The number of hydrogen-bond donors (Lipinski definition) is 2. The Hall–Kier alpha value is -1.49. The van der Waals surface area contributed by atoms with E-state index in [9.17, 15) is 4.79 Å². The third kappa shape index (κ3) is 4.74. The van der Waals surface area contributed by atoms with Crippen LogP contribution in [0.4, 0.5) is 0 Å². The first-order chi connectivity index (χ1) is 10.5. The Kier molecular flexibility index (Phi) is 7.62. The van der Waals surface area contributed by atoms with Gasteiger partial charge in [-0.25, -0.2) is 4.79 Å². The van der Waals surface area contributed by atoms with Gasteiger partial charge >= 0.3 is 5.97 Å². The number of carbonyl (C=O) groups is 1. The highest BCUT2D eigenvalue weighted by Crippen LogP contribution is 2.19. The number of rotatable bonds is 6. The number of aryl methyl sites for hydroxylation is 1. The average Bonchev–Trinajstić information content (AvgIpc) is 2.77. The summed E-state index contributed by atoms with van der Waals surface area (Å²) in [6, 6.07) is 7.76. The van der Waals surface area contributed by atoms with E-state index in [-0.39, 0.29) is 18.4 Å². The molecular formula is C17H22Cl2N2O2. The van der Waals surface area contributed by atoms with E-state index >= 15 is 0 Å². The van der Waals surface area contributed by atoms with Crippen LogP contribution in [0.25, 0.3) is 0 Å². The van der Waals surface area contributed by atoms with Crippen molar-refractivity contribution in [2.75, 3.05) is 6.61 Å².